The Labute approximate surface area is 121 Å². The predicted octanol–water partition coefficient (Wildman–Crippen LogP) is 3.02. The van der Waals surface area contributed by atoms with E-state index >= 15 is 0 Å². The smallest absolute Gasteiger partial charge is 0.243 e. The Bertz CT molecular complexity index is 669. The first-order valence-electron chi connectivity index (χ1n) is 5.51. The molecule has 102 valence electrons. The van der Waals surface area contributed by atoms with E-state index in [1.165, 1.54) is 23.5 Å². The van der Waals surface area contributed by atoms with E-state index in [4.69, 9.17) is 17.3 Å². The van der Waals surface area contributed by atoms with Gasteiger partial charge in [-0.3, -0.25) is 0 Å². The Kier molecular flexibility index (Phi) is 4.15. The summed E-state index contributed by atoms with van der Waals surface area (Å²) in [6.07, 6.45) is 0. The molecule has 1 unspecified atom stereocenters. The van der Waals surface area contributed by atoms with Crippen molar-refractivity contribution in [2.45, 2.75) is 17.9 Å². The van der Waals surface area contributed by atoms with Crippen LogP contribution in [0.25, 0.3) is 0 Å². The summed E-state index contributed by atoms with van der Waals surface area (Å²) in [6.45, 7) is 1.78. The molecule has 0 radical (unpaired) electrons. The van der Waals surface area contributed by atoms with Crippen LogP contribution in [-0.2, 0) is 10.0 Å². The Hall–Kier alpha value is -1.08. The fourth-order valence-electron chi connectivity index (χ4n) is 1.63. The molecule has 3 N–H and O–H groups in total. The SMILES string of the molecule is CC(NS(=O)(=O)c1cc(Cl)ccc1N)c1cccs1. The van der Waals surface area contributed by atoms with Gasteiger partial charge in [-0.2, -0.15) is 0 Å². The van der Waals surface area contributed by atoms with Gasteiger partial charge in [0.15, 0.2) is 0 Å². The minimum atomic E-state index is -3.69. The fraction of sp³-hybridized carbons (Fsp3) is 0.167. The zero-order valence-electron chi connectivity index (χ0n) is 10.1. The molecule has 0 fully saturated rings. The average molecular weight is 317 g/mol. The number of hydrogen-bond donors (Lipinski definition) is 2. The highest BCUT2D eigenvalue weighted by molar-refractivity contribution is 7.89. The predicted molar refractivity (Wildman–Crippen MR) is 78.9 cm³/mol. The van der Waals surface area contributed by atoms with Crippen molar-refractivity contribution < 1.29 is 8.42 Å². The van der Waals surface area contributed by atoms with Gasteiger partial charge in [-0.05, 0) is 36.6 Å². The Morgan fingerprint density at radius 3 is 2.74 bits per heavy atom. The van der Waals surface area contributed by atoms with Crippen molar-refractivity contribution >= 4 is 38.6 Å². The number of nitrogens with two attached hydrogens (primary N) is 1. The number of hydrogen-bond acceptors (Lipinski definition) is 4. The standard InChI is InChI=1S/C12H13ClN2O2S2/c1-8(11-3-2-6-18-11)15-19(16,17)12-7-9(13)4-5-10(12)14/h2-8,15H,14H2,1H3. The lowest BCUT2D eigenvalue weighted by Crippen LogP contribution is -2.27. The number of benzene rings is 1. The van der Waals surface area contributed by atoms with Crippen LogP contribution in [0, 0.1) is 0 Å². The highest BCUT2D eigenvalue weighted by Gasteiger charge is 2.21. The molecule has 0 aliphatic rings. The molecule has 2 rings (SSSR count). The minimum Gasteiger partial charge on any atom is -0.398 e. The van der Waals surface area contributed by atoms with E-state index < -0.39 is 10.0 Å². The number of rotatable bonds is 4. The van der Waals surface area contributed by atoms with Crippen molar-refractivity contribution in [1.82, 2.24) is 4.72 Å². The molecule has 1 heterocycles. The molecule has 1 aromatic heterocycles. The van der Waals surface area contributed by atoms with Gasteiger partial charge in [-0.25, -0.2) is 13.1 Å². The van der Waals surface area contributed by atoms with Crippen LogP contribution in [0.5, 0.6) is 0 Å². The van der Waals surface area contributed by atoms with Crippen LogP contribution in [0.1, 0.15) is 17.8 Å². The molecule has 0 spiro atoms. The minimum absolute atomic E-state index is 0.00315. The summed E-state index contributed by atoms with van der Waals surface area (Å²) in [5, 5.41) is 2.23. The molecule has 2 aromatic rings. The maximum absolute atomic E-state index is 12.3. The van der Waals surface area contributed by atoms with E-state index in [1.807, 2.05) is 17.5 Å². The number of sulfonamides is 1. The molecule has 7 heteroatoms. The van der Waals surface area contributed by atoms with E-state index in [-0.39, 0.29) is 16.6 Å². The number of anilines is 1. The lowest BCUT2D eigenvalue weighted by Gasteiger charge is -2.14. The first-order chi connectivity index (χ1) is 8.90. The second-order valence-electron chi connectivity index (χ2n) is 4.04. The summed E-state index contributed by atoms with van der Waals surface area (Å²) in [4.78, 5) is 0.938. The molecule has 0 aliphatic carbocycles. The number of nitrogen functional groups attached to an aromatic ring is 1. The van der Waals surface area contributed by atoms with Gasteiger partial charge >= 0.3 is 0 Å². The Morgan fingerprint density at radius 1 is 1.37 bits per heavy atom. The fourth-order valence-corrected chi connectivity index (χ4v) is 4.06. The molecule has 0 bridgehead atoms. The third-order valence-electron chi connectivity index (χ3n) is 2.57. The summed E-state index contributed by atoms with van der Waals surface area (Å²) in [6, 6.07) is 7.81. The molecule has 19 heavy (non-hydrogen) atoms. The van der Waals surface area contributed by atoms with Crippen molar-refractivity contribution in [2.75, 3.05) is 5.73 Å². The molecule has 0 saturated carbocycles. The lowest BCUT2D eigenvalue weighted by atomic mass is 10.3. The quantitative estimate of drug-likeness (QED) is 0.852. The third-order valence-corrected chi connectivity index (χ3v) is 5.45. The molecule has 1 aromatic carbocycles. The van der Waals surface area contributed by atoms with E-state index in [0.717, 1.165) is 4.88 Å². The van der Waals surface area contributed by atoms with Crippen LogP contribution in [0.3, 0.4) is 0 Å². The van der Waals surface area contributed by atoms with E-state index in [0.29, 0.717) is 5.02 Å². The van der Waals surface area contributed by atoms with Crippen LogP contribution in [-0.4, -0.2) is 8.42 Å². The zero-order chi connectivity index (χ0) is 14.0. The summed E-state index contributed by atoms with van der Waals surface area (Å²) < 4.78 is 27.1. The molecule has 4 nitrogen and oxygen atoms in total. The maximum atomic E-state index is 12.3. The number of halogens is 1. The largest absolute Gasteiger partial charge is 0.398 e. The maximum Gasteiger partial charge on any atom is 0.243 e. The summed E-state index contributed by atoms with van der Waals surface area (Å²) in [7, 11) is -3.69. The summed E-state index contributed by atoms with van der Waals surface area (Å²) >= 11 is 7.30. The van der Waals surface area contributed by atoms with Gasteiger partial charge in [-0.15, -0.1) is 11.3 Å². The van der Waals surface area contributed by atoms with Crippen molar-refractivity contribution in [2.24, 2.45) is 0 Å². The third kappa shape index (κ3) is 3.27. The van der Waals surface area contributed by atoms with Gasteiger partial charge in [-0.1, -0.05) is 17.7 Å². The van der Waals surface area contributed by atoms with Crippen LogP contribution >= 0.6 is 22.9 Å². The van der Waals surface area contributed by atoms with Gasteiger partial charge in [0.25, 0.3) is 0 Å². The van der Waals surface area contributed by atoms with Gasteiger partial charge in [0, 0.05) is 9.90 Å². The summed E-state index contributed by atoms with van der Waals surface area (Å²) in [5.74, 6) is 0. The normalized spacial score (nSPS) is 13.4. The summed E-state index contributed by atoms with van der Waals surface area (Å²) in [5.41, 5.74) is 5.87. The van der Waals surface area contributed by atoms with Crippen molar-refractivity contribution in [1.29, 1.82) is 0 Å². The van der Waals surface area contributed by atoms with Crippen LogP contribution in [0.4, 0.5) is 5.69 Å². The molecular formula is C12H13ClN2O2S2. The Balaban J connectivity index is 2.30. The van der Waals surface area contributed by atoms with E-state index in [9.17, 15) is 8.42 Å². The monoisotopic (exact) mass is 316 g/mol. The van der Waals surface area contributed by atoms with Crippen molar-refractivity contribution in [3.63, 3.8) is 0 Å². The van der Waals surface area contributed by atoms with Gasteiger partial charge in [0.05, 0.1) is 11.7 Å². The lowest BCUT2D eigenvalue weighted by molar-refractivity contribution is 0.569. The van der Waals surface area contributed by atoms with E-state index in [2.05, 4.69) is 4.72 Å². The van der Waals surface area contributed by atoms with Crippen molar-refractivity contribution in [3.8, 4) is 0 Å². The second kappa shape index (κ2) is 5.50. The molecule has 1 atom stereocenters. The average Bonchev–Trinajstić information content (AvgIpc) is 2.85. The first-order valence-corrected chi connectivity index (χ1v) is 8.25. The molecular weight excluding hydrogens is 304 g/mol. The highest BCUT2D eigenvalue weighted by Crippen LogP contribution is 2.25. The van der Waals surface area contributed by atoms with Crippen molar-refractivity contribution in [3.05, 3.63) is 45.6 Å². The van der Waals surface area contributed by atoms with Crippen LogP contribution in [0.15, 0.2) is 40.6 Å². The molecule has 0 saturated heterocycles. The second-order valence-corrected chi connectivity index (χ2v) is 7.14. The Morgan fingerprint density at radius 2 is 2.11 bits per heavy atom. The first kappa shape index (κ1) is 14.3. The van der Waals surface area contributed by atoms with Gasteiger partial charge in [0.2, 0.25) is 10.0 Å². The van der Waals surface area contributed by atoms with Crippen LogP contribution in [0.2, 0.25) is 5.02 Å². The van der Waals surface area contributed by atoms with E-state index in [1.54, 1.807) is 13.0 Å². The highest BCUT2D eigenvalue weighted by atomic mass is 35.5. The van der Waals surface area contributed by atoms with Crippen LogP contribution < -0.4 is 10.5 Å². The molecule has 0 amide bonds. The topological polar surface area (TPSA) is 72.2 Å². The number of thiophene rings is 1. The van der Waals surface area contributed by atoms with Gasteiger partial charge in [0.1, 0.15) is 4.90 Å². The van der Waals surface area contributed by atoms with Gasteiger partial charge < -0.3 is 5.73 Å². The molecule has 0 aliphatic heterocycles. The number of nitrogens with one attached hydrogen (secondary N) is 1. The zero-order valence-corrected chi connectivity index (χ0v) is 12.5.